The van der Waals surface area contributed by atoms with Crippen LogP contribution in [-0.4, -0.2) is 66.6 Å². The van der Waals surface area contributed by atoms with Crippen LogP contribution in [0, 0.1) is 0 Å². The van der Waals surface area contributed by atoms with E-state index in [0.717, 1.165) is 49.9 Å². The van der Waals surface area contributed by atoms with Crippen molar-refractivity contribution in [1.29, 1.82) is 0 Å². The molecule has 2 fully saturated rings. The second kappa shape index (κ2) is 10.8. The highest BCUT2D eigenvalue weighted by molar-refractivity contribution is 5.94. The lowest BCUT2D eigenvalue weighted by Gasteiger charge is -2.31. The molecule has 1 aromatic rings. The molecule has 0 bridgehead atoms. The summed E-state index contributed by atoms with van der Waals surface area (Å²) in [6.07, 6.45) is 4.75. The van der Waals surface area contributed by atoms with Gasteiger partial charge in [-0.1, -0.05) is 12.1 Å². The maximum absolute atomic E-state index is 12.5. The third-order valence-corrected chi connectivity index (χ3v) is 5.65. The van der Waals surface area contributed by atoms with E-state index in [1.165, 1.54) is 6.42 Å². The Hall–Kier alpha value is -2.77. The van der Waals surface area contributed by atoms with Crippen molar-refractivity contribution in [2.45, 2.75) is 51.6 Å². The molecule has 2 aliphatic heterocycles. The molecule has 2 amide bonds. The van der Waals surface area contributed by atoms with E-state index in [4.69, 9.17) is 10.5 Å². The van der Waals surface area contributed by atoms with Crippen molar-refractivity contribution in [3.05, 3.63) is 35.4 Å². The van der Waals surface area contributed by atoms with Gasteiger partial charge in [-0.2, -0.15) is 0 Å². The molecule has 2 saturated heterocycles. The van der Waals surface area contributed by atoms with Gasteiger partial charge in [-0.3, -0.25) is 4.79 Å². The fraction of sp³-hybridized carbons (Fsp3) is 0.591. The van der Waals surface area contributed by atoms with Crippen LogP contribution in [-0.2, 0) is 11.3 Å². The lowest BCUT2D eigenvalue weighted by atomic mass is 10.1. The molecule has 0 spiro atoms. The highest BCUT2D eigenvalue weighted by Gasteiger charge is 2.23. The van der Waals surface area contributed by atoms with Crippen LogP contribution in [0.1, 0.15) is 54.9 Å². The number of nitrogens with zero attached hydrogens (tertiary/aromatic N) is 3. The topological polar surface area (TPSA) is 100 Å². The average Bonchev–Trinajstić information content (AvgIpc) is 2.79. The van der Waals surface area contributed by atoms with Crippen molar-refractivity contribution in [3.63, 3.8) is 0 Å². The van der Waals surface area contributed by atoms with E-state index in [0.29, 0.717) is 32.2 Å². The van der Waals surface area contributed by atoms with Gasteiger partial charge in [0.2, 0.25) is 0 Å². The monoisotopic (exact) mass is 415 g/mol. The van der Waals surface area contributed by atoms with Gasteiger partial charge < -0.3 is 25.6 Å². The Labute approximate surface area is 178 Å². The lowest BCUT2D eigenvalue weighted by molar-refractivity contribution is 0.0724. The summed E-state index contributed by atoms with van der Waals surface area (Å²) >= 11 is 0. The molecule has 8 heteroatoms. The number of carbonyl (C=O) groups is 2. The van der Waals surface area contributed by atoms with Gasteiger partial charge in [0, 0.05) is 37.8 Å². The molecule has 0 unspecified atom stereocenters. The number of likely N-dealkylation sites (tertiary alicyclic amines) is 2. The molecule has 0 saturated carbocycles. The molecular formula is C22H33N5O3. The van der Waals surface area contributed by atoms with Crippen molar-refractivity contribution in [1.82, 2.24) is 15.1 Å². The summed E-state index contributed by atoms with van der Waals surface area (Å²) in [5.74, 6) is 0.512. The number of amides is 2. The molecule has 3 N–H and O–H groups in total. The van der Waals surface area contributed by atoms with Crippen LogP contribution in [0.15, 0.2) is 29.3 Å². The van der Waals surface area contributed by atoms with Gasteiger partial charge in [0.25, 0.3) is 5.91 Å². The number of guanidine groups is 1. The number of benzene rings is 1. The minimum Gasteiger partial charge on any atom is -0.450 e. The Morgan fingerprint density at radius 2 is 1.73 bits per heavy atom. The van der Waals surface area contributed by atoms with Gasteiger partial charge in [-0.25, -0.2) is 9.79 Å². The second-order valence-electron chi connectivity index (χ2n) is 7.86. The molecule has 30 heavy (non-hydrogen) atoms. The molecule has 0 radical (unpaired) electrons. The van der Waals surface area contributed by atoms with E-state index in [2.05, 4.69) is 10.3 Å². The van der Waals surface area contributed by atoms with Crippen molar-refractivity contribution >= 4 is 18.0 Å². The number of nitrogens with one attached hydrogen (secondary N) is 1. The summed E-state index contributed by atoms with van der Waals surface area (Å²) in [5.41, 5.74) is 7.78. The van der Waals surface area contributed by atoms with Crippen molar-refractivity contribution in [2.24, 2.45) is 10.7 Å². The largest absolute Gasteiger partial charge is 0.450 e. The van der Waals surface area contributed by atoms with Crippen LogP contribution in [0.5, 0.6) is 0 Å². The fourth-order valence-corrected chi connectivity index (χ4v) is 3.88. The molecule has 0 aromatic heterocycles. The van der Waals surface area contributed by atoms with Gasteiger partial charge >= 0.3 is 6.09 Å². The molecule has 0 atom stereocenters. The number of piperidine rings is 2. The van der Waals surface area contributed by atoms with E-state index in [1.54, 1.807) is 4.90 Å². The second-order valence-corrected chi connectivity index (χ2v) is 7.86. The van der Waals surface area contributed by atoms with Crippen molar-refractivity contribution in [3.8, 4) is 0 Å². The van der Waals surface area contributed by atoms with Gasteiger partial charge in [0.05, 0.1) is 13.2 Å². The minimum absolute atomic E-state index is 0.111. The maximum Gasteiger partial charge on any atom is 0.409 e. The predicted octanol–water partition coefficient (Wildman–Crippen LogP) is 2.34. The standard InChI is InChI=1S/C22H33N5O3/c1-2-30-22(29)27-14-10-19(11-15-27)25-21(23)24-16-17-6-8-18(9-7-17)20(28)26-12-4-3-5-13-26/h6-9,19H,2-5,10-16H2,1H3,(H3,23,24,25). The Morgan fingerprint density at radius 1 is 1.07 bits per heavy atom. The van der Waals surface area contributed by atoms with Crippen LogP contribution >= 0.6 is 0 Å². The first-order chi connectivity index (χ1) is 14.6. The van der Waals surface area contributed by atoms with Crippen LogP contribution in [0.25, 0.3) is 0 Å². The molecule has 8 nitrogen and oxygen atoms in total. The first kappa shape index (κ1) is 21.9. The van der Waals surface area contributed by atoms with Crippen molar-refractivity contribution < 1.29 is 14.3 Å². The smallest absolute Gasteiger partial charge is 0.409 e. The summed E-state index contributed by atoms with van der Waals surface area (Å²) in [5, 5.41) is 3.24. The van der Waals surface area contributed by atoms with Crippen LogP contribution in [0.3, 0.4) is 0 Å². The number of carbonyl (C=O) groups excluding carboxylic acids is 2. The SMILES string of the molecule is CCOC(=O)N1CCC(NC(N)=NCc2ccc(C(=O)N3CCCCC3)cc2)CC1. The summed E-state index contributed by atoms with van der Waals surface area (Å²) < 4.78 is 5.04. The Bertz CT molecular complexity index is 736. The number of aliphatic imine (C=N–C) groups is 1. The summed E-state index contributed by atoms with van der Waals surface area (Å²) in [6, 6.07) is 7.81. The van der Waals surface area contributed by atoms with Gasteiger partial charge in [-0.15, -0.1) is 0 Å². The van der Waals surface area contributed by atoms with E-state index in [1.807, 2.05) is 36.1 Å². The van der Waals surface area contributed by atoms with E-state index in [-0.39, 0.29) is 18.0 Å². The van der Waals surface area contributed by atoms with E-state index >= 15 is 0 Å². The number of hydrogen-bond acceptors (Lipinski definition) is 4. The highest BCUT2D eigenvalue weighted by atomic mass is 16.6. The number of rotatable bonds is 5. The van der Waals surface area contributed by atoms with Crippen molar-refractivity contribution in [2.75, 3.05) is 32.8 Å². The summed E-state index contributed by atoms with van der Waals surface area (Å²) in [6.45, 7) is 5.66. The molecule has 2 heterocycles. The van der Waals surface area contributed by atoms with Crippen LogP contribution < -0.4 is 11.1 Å². The summed E-state index contributed by atoms with van der Waals surface area (Å²) in [4.78, 5) is 32.4. The molecule has 0 aliphatic carbocycles. The molecule has 2 aliphatic rings. The maximum atomic E-state index is 12.5. The molecule has 1 aromatic carbocycles. The molecular weight excluding hydrogens is 382 g/mol. The Balaban J connectivity index is 1.44. The third kappa shape index (κ3) is 6.11. The zero-order valence-corrected chi connectivity index (χ0v) is 17.8. The molecule has 3 rings (SSSR count). The number of ether oxygens (including phenoxy) is 1. The third-order valence-electron chi connectivity index (χ3n) is 5.65. The van der Waals surface area contributed by atoms with Gasteiger partial charge in [0.1, 0.15) is 0 Å². The lowest BCUT2D eigenvalue weighted by Crippen LogP contribution is -2.48. The number of nitrogens with two attached hydrogens (primary N) is 1. The van der Waals surface area contributed by atoms with Gasteiger partial charge in [0.15, 0.2) is 5.96 Å². The van der Waals surface area contributed by atoms with E-state index in [9.17, 15) is 9.59 Å². The average molecular weight is 416 g/mol. The quantitative estimate of drug-likeness (QED) is 0.568. The minimum atomic E-state index is -0.250. The fourth-order valence-electron chi connectivity index (χ4n) is 3.88. The van der Waals surface area contributed by atoms with Gasteiger partial charge in [-0.05, 0) is 56.7 Å². The first-order valence-corrected chi connectivity index (χ1v) is 10.9. The number of hydrogen-bond donors (Lipinski definition) is 2. The normalized spacial score (nSPS) is 18.2. The zero-order valence-electron chi connectivity index (χ0n) is 17.8. The Kier molecular flexibility index (Phi) is 7.93. The predicted molar refractivity (Wildman–Crippen MR) is 116 cm³/mol. The van der Waals surface area contributed by atoms with E-state index < -0.39 is 0 Å². The van der Waals surface area contributed by atoms with Crippen LogP contribution in [0.4, 0.5) is 4.79 Å². The zero-order chi connectivity index (χ0) is 21.3. The Morgan fingerprint density at radius 3 is 2.37 bits per heavy atom. The van der Waals surface area contributed by atoms with Crippen LogP contribution in [0.2, 0.25) is 0 Å². The first-order valence-electron chi connectivity index (χ1n) is 10.9. The molecule has 164 valence electrons. The summed E-state index contributed by atoms with van der Waals surface area (Å²) in [7, 11) is 0. The highest BCUT2D eigenvalue weighted by Crippen LogP contribution is 2.14.